The second-order valence-corrected chi connectivity index (χ2v) is 6.40. The van der Waals surface area contributed by atoms with Crippen LogP contribution in [0.4, 0.5) is 0 Å². The third-order valence-corrected chi connectivity index (χ3v) is 4.23. The van der Waals surface area contributed by atoms with Gasteiger partial charge in [-0.15, -0.1) is 0 Å². The molecule has 0 bridgehead atoms. The van der Waals surface area contributed by atoms with Gasteiger partial charge in [-0.2, -0.15) is 0 Å². The minimum Gasteiger partial charge on any atom is -0.390 e. The van der Waals surface area contributed by atoms with Crippen molar-refractivity contribution >= 4 is 5.91 Å². The maximum Gasteiger partial charge on any atom is 0.222 e. The molecule has 0 saturated carbocycles. The SMILES string of the molecule is CC(C)(O)C1CCCN1CC(O)CN1CCCC1=O. The maximum atomic E-state index is 11.5. The van der Waals surface area contributed by atoms with E-state index in [1.54, 1.807) is 4.90 Å². The summed E-state index contributed by atoms with van der Waals surface area (Å²) in [6.07, 6.45) is 3.03. The monoisotopic (exact) mass is 270 g/mol. The van der Waals surface area contributed by atoms with Gasteiger partial charge in [-0.05, 0) is 39.7 Å². The second kappa shape index (κ2) is 5.77. The number of nitrogens with zero attached hydrogens (tertiary/aromatic N) is 2. The number of aliphatic hydroxyl groups is 2. The molecule has 0 aliphatic carbocycles. The Morgan fingerprint density at radius 1 is 1.32 bits per heavy atom. The third-order valence-electron chi connectivity index (χ3n) is 4.23. The third kappa shape index (κ3) is 3.68. The highest BCUT2D eigenvalue weighted by Crippen LogP contribution is 2.26. The zero-order valence-electron chi connectivity index (χ0n) is 12.0. The van der Waals surface area contributed by atoms with E-state index in [1.165, 1.54) is 0 Å². The Kier molecular flexibility index (Phi) is 4.48. The molecule has 2 unspecified atom stereocenters. The molecule has 2 N–H and O–H groups in total. The van der Waals surface area contributed by atoms with Crippen LogP contribution in [0.5, 0.6) is 0 Å². The first-order valence-electron chi connectivity index (χ1n) is 7.30. The van der Waals surface area contributed by atoms with Crippen molar-refractivity contribution in [1.29, 1.82) is 0 Å². The Labute approximate surface area is 115 Å². The molecule has 2 heterocycles. The molecule has 2 rings (SSSR count). The standard InChI is InChI=1S/C14H26N2O3/c1-14(2,19)12-5-3-7-15(12)9-11(17)10-16-8-4-6-13(16)18/h11-12,17,19H,3-10H2,1-2H3. The molecule has 0 aromatic rings. The summed E-state index contributed by atoms with van der Waals surface area (Å²) in [6.45, 7) is 6.30. The molecule has 0 aromatic carbocycles. The summed E-state index contributed by atoms with van der Waals surface area (Å²) in [7, 11) is 0. The minimum absolute atomic E-state index is 0.108. The van der Waals surface area contributed by atoms with Crippen molar-refractivity contribution in [2.24, 2.45) is 0 Å². The number of amides is 1. The van der Waals surface area contributed by atoms with Gasteiger partial charge in [0.2, 0.25) is 5.91 Å². The number of hydrogen-bond acceptors (Lipinski definition) is 4. The molecule has 0 spiro atoms. The number of carbonyl (C=O) groups is 1. The van der Waals surface area contributed by atoms with E-state index in [2.05, 4.69) is 4.90 Å². The summed E-state index contributed by atoms with van der Waals surface area (Å²) in [4.78, 5) is 15.4. The highest BCUT2D eigenvalue weighted by Gasteiger charge is 2.36. The number of carbonyl (C=O) groups excluding carboxylic acids is 1. The number of rotatable bonds is 5. The van der Waals surface area contributed by atoms with Crippen molar-refractivity contribution in [3.8, 4) is 0 Å². The molecule has 0 aromatic heterocycles. The van der Waals surface area contributed by atoms with Crippen molar-refractivity contribution < 1.29 is 15.0 Å². The molecule has 2 aliphatic rings. The van der Waals surface area contributed by atoms with E-state index in [9.17, 15) is 15.0 Å². The minimum atomic E-state index is -0.736. The lowest BCUT2D eigenvalue weighted by atomic mass is 9.96. The van der Waals surface area contributed by atoms with Crippen LogP contribution in [0.15, 0.2) is 0 Å². The first kappa shape index (κ1) is 14.8. The molecular formula is C14H26N2O3. The lowest BCUT2D eigenvalue weighted by Crippen LogP contribution is -2.49. The van der Waals surface area contributed by atoms with Gasteiger partial charge >= 0.3 is 0 Å². The van der Waals surface area contributed by atoms with Crippen molar-refractivity contribution in [2.75, 3.05) is 26.2 Å². The second-order valence-electron chi connectivity index (χ2n) is 6.40. The van der Waals surface area contributed by atoms with Gasteiger partial charge in [0.25, 0.3) is 0 Å². The van der Waals surface area contributed by atoms with E-state index in [0.29, 0.717) is 19.5 Å². The van der Waals surface area contributed by atoms with Crippen molar-refractivity contribution in [2.45, 2.75) is 57.3 Å². The number of β-amino-alcohol motifs (C(OH)–C–C–N with tert-alkyl or cyclic N) is 1. The summed E-state index contributed by atoms with van der Waals surface area (Å²) >= 11 is 0. The maximum absolute atomic E-state index is 11.5. The molecule has 110 valence electrons. The van der Waals surface area contributed by atoms with E-state index in [-0.39, 0.29) is 11.9 Å². The van der Waals surface area contributed by atoms with E-state index >= 15 is 0 Å². The fraction of sp³-hybridized carbons (Fsp3) is 0.929. The predicted molar refractivity (Wildman–Crippen MR) is 72.7 cm³/mol. The average Bonchev–Trinajstić information content (AvgIpc) is 2.88. The molecular weight excluding hydrogens is 244 g/mol. The zero-order chi connectivity index (χ0) is 14.0. The normalized spacial score (nSPS) is 27.3. The van der Waals surface area contributed by atoms with Gasteiger partial charge in [0.15, 0.2) is 0 Å². The van der Waals surface area contributed by atoms with Gasteiger partial charge in [-0.25, -0.2) is 0 Å². The number of likely N-dealkylation sites (tertiary alicyclic amines) is 2. The molecule has 0 radical (unpaired) electrons. The smallest absolute Gasteiger partial charge is 0.222 e. The molecule has 2 aliphatic heterocycles. The molecule has 5 heteroatoms. The van der Waals surface area contributed by atoms with Crippen LogP contribution in [-0.4, -0.2) is 69.8 Å². The van der Waals surface area contributed by atoms with Gasteiger partial charge in [0, 0.05) is 32.1 Å². The van der Waals surface area contributed by atoms with Crippen LogP contribution < -0.4 is 0 Å². The van der Waals surface area contributed by atoms with Crippen molar-refractivity contribution in [3.63, 3.8) is 0 Å². The lowest BCUT2D eigenvalue weighted by Gasteiger charge is -2.35. The van der Waals surface area contributed by atoms with Crippen LogP contribution in [0.1, 0.15) is 39.5 Å². The largest absolute Gasteiger partial charge is 0.390 e. The summed E-state index contributed by atoms with van der Waals surface area (Å²) in [6, 6.07) is 0.108. The Hall–Kier alpha value is -0.650. The topological polar surface area (TPSA) is 64.0 Å². The number of hydrogen-bond donors (Lipinski definition) is 2. The van der Waals surface area contributed by atoms with E-state index < -0.39 is 11.7 Å². The average molecular weight is 270 g/mol. The highest BCUT2D eigenvalue weighted by atomic mass is 16.3. The quantitative estimate of drug-likeness (QED) is 0.749. The Balaban J connectivity index is 1.84. The first-order valence-corrected chi connectivity index (χ1v) is 7.30. The Morgan fingerprint density at radius 3 is 2.63 bits per heavy atom. The van der Waals surface area contributed by atoms with Crippen molar-refractivity contribution in [3.05, 3.63) is 0 Å². The first-order chi connectivity index (χ1) is 8.88. The van der Waals surface area contributed by atoms with Crippen LogP contribution in [0.25, 0.3) is 0 Å². The predicted octanol–water partition coefficient (Wildman–Crippen LogP) is 0.205. The summed E-state index contributed by atoms with van der Waals surface area (Å²) < 4.78 is 0. The van der Waals surface area contributed by atoms with Gasteiger partial charge in [0.1, 0.15) is 0 Å². The van der Waals surface area contributed by atoms with E-state index in [1.807, 2.05) is 13.8 Å². The molecule has 2 fully saturated rings. The molecule has 1 amide bonds. The lowest BCUT2D eigenvalue weighted by molar-refractivity contribution is -0.129. The molecule has 5 nitrogen and oxygen atoms in total. The molecule has 2 atom stereocenters. The highest BCUT2D eigenvalue weighted by molar-refractivity contribution is 5.78. The molecule has 19 heavy (non-hydrogen) atoms. The summed E-state index contributed by atoms with van der Waals surface area (Å²) in [5.41, 5.74) is -0.736. The Bertz CT molecular complexity index is 327. The summed E-state index contributed by atoms with van der Waals surface area (Å²) in [5.74, 6) is 0.152. The van der Waals surface area contributed by atoms with Crippen LogP contribution in [0.2, 0.25) is 0 Å². The van der Waals surface area contributed by atoms with Crippen LogP contribution in [-0.2, 0) is 4.79 Å². The van der Waals surface area contributed by atoms with Crippen LogP contribution in [0.3, 0.4) is 0 Å². The summed E-state index contributed by atoms with van der Waals surface area (Å²) in [5, 5.41) is 20.3. The Morgan fingerprint density at radius 2 is 2.05 bits per heavy atom. The van der Waals surface area contributed by atoms with Gasteiger partial charge in [0.05, 0.1) is 11.7 Å². The van der Waals surface area contributed by atoms with Gasteiger partial charge < -0.3 is 15.1 Å². The van der Waals surface area contributed by atoms with Crippen molar-refractivity contribution in [1.82, 2.24) is 9.80 Å². The molecule has 2 saturated heterocycles. The zero-order valence-corrected chi connectivity index (χ0v) is 12.0. The van der Waals surface area contributed by atoms with Crippen LogP contribution in [0, 0.1) is 0 Å². The fourth-order valence-corrected chi connectivity index (χ4v) is 3.32. The fourth-order valence-electron chi connectivity index (χ4n) is 3.32. The van der Waals surface area contributed by atoms with Gasteiger partial charge in [-0.1, -0.05) is 0 Å². The number of aliphatic hydroxyl groups excluding tert-OH is 1. The van der Waals surface area contributed by atoms with E-state index in [0.717, 1.165) is 32.4 Å². The van der Waals surface area contributed by atoms with E-state index in [4.69, 9.17) is 0 Å². The van der Waals surface area contributed by atoms with Crippen LogP contribution >= 0.6 is 0 Å². The van der Waals surface area contributed by atoms with Gasteiger partial charge in [-0.3, -0.25) is 9.69 Å².